The van der Waals surface area contributed by atoms with Crippen LogP contribution in [0.15, 0.2) is 29.3 Å². The molecule has 0 aliphatic rings. The van der Waals surface area contributed by atoms with Crippen LogP contribution in [0.2, 0.25) is 0 Å². The summed E-state index contributed by atoms with van der Waals surface area (Å²) in [5.41, 5.74) is 2.68. The first kappa shape index (κ1) is 12.6. The molecule has 0 fully saturated rings. The summed E-state index contributed by atoms with van der Waals surface area (Å²) in [7, 11) is 5.72. The SMILES string of the molecule is CCc1ccc(CN(C)C(=NC)NC)cc1. The molecule has 1 aromatic rings. The standard InChI is InChI=1S/C13H21N3/c1-5-11-6-8-12(9-7-11)10-16(4)13(14-2)15-3/h6-9H,5,10H2,1-4H3,(H,14,15). The minimum atomic E-state index is 0.873. The summed E-state index contributed by atoms with van der Waals surface area (Å²) in [4.78, 5) is 6.27. The normalized spacial score (nSPS) is 11.4. The van der Waals surface area contributed by atoms with Crippen LogP contribution in [0.1, 0.15) is 18.1 Å². The highest BCUT2D eigenvalue weighted by Gasteiger charge is 2.03. The summed E-state index contributed by atoms with van der Waals surface area (Å²) in [5, 5.41) is 3.07. The molecule has 0 aliphatic heterocycles. The van der Waals surface area contributed by atoms with Crippen molar-refractivity contribution in [2.75, 3.05) is 21.1 Å². The number of benzene rings is 1. The Labute approximate surface area is 98.2 Å². The highest BCUT2D eigenvalue weighted by molar-refractivity contribution is 5.79. The fraction of sp³-hybridized carbons (Fsp3) is 0.462. The second-order valence-corrected chi connectivity index (χ2v) is 3.82. The Balaban J connectivity index is 2.65. The van der Waals surface area contributed by atoms with E-state index >= 15 is 0 Å². The minimum Gasteiger partial charge on any atom is -0.359 e. The van der Waals surface area contributed by atoms with Crippen molar-refractivity contribution >= 4 is 5.96 Å². The molecule has 3 nitrogen and oxygen atoms in total. The molecule has 0 saturated heterocycles. The summed E-state index contributed by atoms with van der Waals surface area (Å²) in [6, 6.07) is 8.73. The highest BCUT2D eigenvalue weighted by Crippen LogP contribution is 2.07. The lowest BCUT2D eigenvalue weighted by Crippen LogP contribution is -2.36. The Hall–Kier alpha value is -1.51. The van der Waals surface area contributed by atoms with Crippen LogP contribution in [0.5, 0.6) is 0 Å². The lowest BCUT2D eigenvalue weighted by Gasteiger charge is -2.20. The van der Waals surface area contributed by atoms with E-state index in [0.717, 1.165) is 18.9 Å². The van der Waals surface area contributed by atoms with E-state index < -0.39 is 0 Å². The van der Waals surface area contributed by atoms with Gasteiger partial charge in [0.25, 0.3) is 0 Å². The van der Waals surface area contributed by atoms with Crippen LogP contribution in [0.4, 0.5) is 0 Å². The molecule has 16 heavy (non-hydrogen) atoms. The van der Waals surface area contributed by atoms with E-state index in [4.69, 9.17) is 0 Å². The second kappa shape index (κ2) is 6.16. The molecule has 0 aromatic heterocycles. The van der Waals surface area contributed by atoms with Gasteiger partial charge in [-0.1, -0.05) is 31.2 Å². The van der Waals surface area contributed by atoms with Gasteiger partial charge in [0.15, 0.2) is 5.96 Å². The van der Waals surface area contributed by atoms with Crippen molar-refractivity contribution in [1.29, 1.82) is 0 Å². The number of aliphatic imine (C=N–C) groups is 1. The first-order valence-corrected chi connectivity index (χ1v) is 5.64. The Morgan fingerprint density at radius 3 is 2.25 bits per heavy atom. The van der Waals surface area contributed by atoms with Crippen LogP contribution in [0.3, 0.4) is 0 Å². The van der Waals surface area contributed by atoms with Crippen molar-refractivity contribution in [3.05, 3.63) is 35.4 Å². The summed E-state index contributed by atoms with van der Waals surface area (Å²) >= 11 is 0. The molecule has 1 aromatic carbocycles. The molecule has 1 rings (SSSR count). The Morgan fingerprint density at radius 1 is 1.25 bits per heavy atom. The molecule has 0 aliphatic carbocycles. The van der Waals surface area contributed by atoms with Gasteiger partial charge in [0.05, 0.1) is 0 Å². The van der Waals surface area contributed by atoms with Gasteiger partial charge < -0.3 is 10.2 Å². The number of rotatable bonds is 3. The average molecular weight is 219 g/mol. The molecule has 0 spiro atoms. The number of nitrogens with one attached hydrogen (secondary N) is 1. The van der Waals surface area contributed by atoms with Crippen molar-refractivity contribution in [1.82, 2.24) is 10.2 Å². The van der Waals surface area contributed by atoms with Crippen LogP contribution < -0.4 is 5.32 Å². The molecular formula is C13H21N3. The molecule has 3 heteroatoms. The zero-order valence-electron chi connectivity index (χ0n) is 10.6. The van der Waals surface area contributed by atoms with E-state index in [2.05, 4.69) is 46.4 Å². The third-order valence-electron chi connectivity index (χ3n) is 2.65. The van der Waals surface area contributed by atoms with Gasteiger partial charge >= 0.3 is 0 Å². The fourth-order valence-electron chi connectivity index (χ4n) is 1.70. The van der Waals surface area contributed by atoms with Gasteiger partial charge in [-0.05, 0) is 17.5 Å². The Morgan fingerprint density at radius 2 is 1.81 bits per heavy atom. The van der Waals surface area contributed by atoms with E-state index in [-0.39, 0.29) is 0 Å². The zero-order chi connectivity index (χ0) is 12.0. The van der Waals surface area contributed by atoms with Crippen molar-refractivity contribution in [3.63, 3.8) is 0 Å². The summed E-state index contributed by atoms with van der Waals surface area (Å²) in [6.07, 6.45) is 1.09. The maximum Gasteiger partial charge on any atom is 0.193 e. The van der Waals surface area contributed by atoms with Crippen molar-refractivity contribution in [2.24, 2.45) is 4.99 Å². The van der Waals surface area contributed by atoms with Gasteiger partial charge in [-0.2, -0.15) is 0 Å². The van der Waals surface area contributed by atoms with E-state index in [1.54, 1.807) is 7.05 Å². The minimum absolute atomic E-state index is 0.873. The third kappa shape index (κ3) is 3.26. The molecule has 0 amide bonds. The smallest absolute Gasteiger partial charge is 0.193 e. The number of guanidine groups is 1. The van der Waals surface area contributed by atoms with E-state index in [1.165, 1.54) is 11.1 Å². The third-order valence-corrected chi connectivity index (χ3v) is 2.65. The number of nitrogens with zero attached hydrogens (tertiary/aromatic N) is 2. The van der Waals surface area contributed by atoms with Crippen molar-refractivity contribution in [2.45, 2.75) is 19.9 Å². The predicted octanol–water partition coefficient (Wildman–Crippen LogP) is 1.89. The molecule has 88 valence electrons. The topological polar surface area (TPSA) is 27.6 Å². The van der Waals surface area contributed by atoms with Crippen LogP contribution >= 0.6 is 0 Å². The first-order chi connectivity index (χ1) is 7.71. The van der Waals surface area contributed by atoms with Crippen LogP contribution in [-0.4, -0.2) is 32.0 Å². The number of hydrogen-bond acceptors (Lipinski definition) is 1. The second-order valence-electron chi connectivity index (χ2n) is 3.82. The molecule has 0 bridgehead atoms. The summed E-state index contributed by atoms with van der Waals surface area (Å²) in [6.45, 7) is 3.04. The van der Waals surface area contributed by atoms with E-state index in [0.29, 0.717) is 0 Å². The van der Waals surface area contributed by atoms with Crippen LogP contribution in [-0.2, 0) is 13.0 Å². The van der Waals surface area contributed by atoms with Gasteiger partial charge in [0.2, 0.25) is 0 Å². The number of aryl methyl sites for hydroxylation is 1. The Bertz CT molecular complexity index is 341. The van der Waals surface area contributed by atoms with Gasteiger partial charge in [-0.15, -0.1) is 0 Å². The molecule has 0 heterocycles. The van der Waals surface area contributed by atoms with Gasteiger partial charge in [0.1, 0.15) is 0 Å². The molecule has 0 radical (unpaired) electrons. The van der Waals surface area contributed by atoms with Gasteiger partial charge in [0, 0.05) is 27.7 Å². The van der Waals surface area contributed by atoms with Crippen molar-refractivity contribution in [3.8, 4) is 0 Å². The highest BCUT2D eigenvalue weighted by atomic mass is 15.3. The summed E-state index contributed by atoms with van der Waals surface area (Å²) in [5.74, 6) is 0.902. The quantitative estimate of drug-likeness (QED) is 0.621. The molecule has 0 unspecified atom stereocenters. The monoisotopic (exact) mass is 219 g/mol. The molecule has 0 atom stereocenters. The number of hydrogen-bond donors (Lipinski definition) is 1. The predicted molar refractivity (Wildman–Crippen MR) is 69.7 cm³/mol. The van der Waals surface area contributed by atoms with Gasteiger partial charge in [-0.25, -0.2) is 0 Å². The molecule has 0 saturated carbocycles. The first-order valence-electron chi connectivity index (χ1n) is 5.64. The fourth-order valence-corrected chi connectivity index (χ4v) is 1.70. The van der Waals surface area contributed by atoms with E-state index in [9.17, 15) is 0 Å². The average Bonchev–Trinajstić information content (AvgIpc) is 2.31. The maximum atomic E-state index is 4.17. The van der Waals surface area contributed by atoms with Crippen LogP contribution in [0.25, 0.3) is 0 Å². The maximum absolute atomic E-state index is 4.17. The van der Waals surface area contributed by atoms with Crippen LogP contribution in [0, 0.1) is 0 Å². The molecule has 1 N–H and O–H groups in total. The summed E-state index contributed by atoms with van der Waals surface area (Å²) < 4.78 is 0. The van der Waals surface area contributed by atoms with Gasteiger partial charge in [-0.3, -0.25) is 4.99 Å². The van der Waals surface area contributed by atoms with Crippen molar-refractivity contribution < 1.29 is 0 Å². The zero-order valence-corrected chi connectivity index (χ0v) is 10.6. The Kier molecular flexibility index (Phi) is 4.83. The largest absolute Gasteiger partial charge is 0.359 e. The lowest BCUT2D eigenvalue weighted by atomic mass is 10.1. The van der Waals surface area contributed by atoms with E-state index in [1.807, 2.05) is 14.1 Å². The molecular weight excluding hydrogens is 198 g/mol. The lowest BCUT2D eigenvalue weighted by molar-refractivity contribution is 0.483.